The second-order valence-electron chi connectivity index (χ2n) is 21.3. The second-order valence-corrected chi connectivity index (χ2v) is 21.3. The SMILES string of the molecule is CC1(C)c2ccccc2-c2cccc(-c3cccc(N(c4ccc(-c5ccc(-c6ccc(-c7ccccc7)cc6)cc5)cc4)c4ccc5c(c4)C4(c6ccccc6-5)C5CC6CC(C5)CC4C6)c3)c21. The van der Waals surface area contributed by atoms with Gasteiger partial charge in [0.05, 0.1) is 0 Å². The summed E-state index contributed by atoms with van der Waals surface area (Å²) in [4.78, 5) is 2.55. The van der Waals surface area contributed by atoms with Crippen LogP contribution in [0.3, 0.4) is 0 Å². The van der Waals surface area contributed by atoms with E-state index in [1.165, 1.54) is 127 Å². The van der Waals surface area contributed by atoms with Crippen molar-refractivity contribution in [2.75, 3.05) is 4.90 Å². The molecule has 9 aromatic carbocycles. The Balaban J connectivity index is 0.870. The molecule has 4 fully saturated rings. The first-order chi connectivity index (χ1) is 33.4. The van der Waals surface area contributed by atoms with Gasteiger partial charge in [-0.2, -0.15) is 0 Å². The van der Waals surface area contributed by atoms with Gasteiger partial charge in [0.2, 0.25) is 0 Å². The van der Waals surface area contributed by atoms with Crippen LogP contribution in [0.4, 0.5) is 17.1 Å². The van der Waals surface area contributed by atoms with Gasteiger partial charge in [-0.3, -0.25) is 0 Å². The molecule has 15 rings (SSSR count). The van der Waals surface area contributed by atoms with E-state index >= 15 is 0 Å². The lowest BCUT2D eigenvalue weighted by Gasteiger charge is -2.61. The first-order valence-electron chi connectivity index (χ1n) is 25.2. The van der Waals surface area contributed by atoms with Crippen LogP contribution in [0, 0.1) is 23.7 Å². The first-order valence-corrected chi connectivity index (χ1v) is 25.2. The van der Waals surface area contributed by atoms with Crippen molar-refractivity contribution in [3.63, 3.8) is 0 Å². The quantitative estimate of drug-likeness (QED) is 0.154. The fourth-order valence-electron chi connectivity index (χ4n) is 14.8. The van der Waals surface area contributed by atoms with E-state index in [4.69, 9.17) is 0 Å². The fourth-order valence-corrected chi connectivity index (χ4v) is 14.8. The average molecular weight is 874 g/mol. The topological polar surface area (TPSA) is 3.24 Å². The molecule has 4 saturated carbocycles. The summed E-state index contributed by atoms with van der Waals surface area (Å²) in [6.45, 7) is 4.80. The van der Waals surface area contributed by atoms with Crippen molar-refractivity contribution < 1.29 is 0 Å². The lowest BCUT2D eigenvalue weighted by molar-refractivity contribution is -0.0399. The smallest absolute Gasteiger partial charge is 0.0467 e. The molecule has 328 valence electrons. The van der Waals surface area contributed by atoms with Gasteiger partial charge in [-0.05, 0) is 181 Å². The number of fused-ring (bicyclic) bond motifs is 6. The molecule has 6 aliphatic rings. The summed E-state index contributed by atoms with van der Waals surface area (Å²) in [5, 5.41) is 0. The van der Waals surface area contributed by atoms with E-state index in [1.54, 1.807) is 11.1 Å². The van der Waals surface area contributed by atoms with E-state index in [-0.39, 0.29) is 10.8 Å². The first kappa shape index (κ1) is 39.9. The maximum atomic E-state index is 2.64. The second kappa shape index (κ2) is 15.1. The highest BCUT2D eigenvalue weighted by atomic mass is 15.1. The Morgan fingerprint density at radius 3 is 1.40 bits per heavy atom. The Morgan fingerprint density at radius 1 is 0.324 bits per heavy atom. The molecule has 9 aromatic rings. The van der Waals surface area contributed by atoms with Crippen molar-refractivity contribution in [1.82, 2.24) is 0 Å². The van der Waals surface area contributed by atoms with Crippen LogP contribution in [0.15, 0.2) is 212 Å². The van der Waals surface area contributed by atoms with Gasteiger partial charge in [0.25, 0.3) is 0 Å². The van der Waals surface area contributed by atoms with Crippen molar-refractivity contribution in [2.24, 2.45) is 23.7 Å². The maximum absolute atomic E-state index is 2.64. The van der Waals surface area contributed by atoms with Crippen LogP contribution in [0.1, 0.15) is 68.2 Å². The summed E-state index contributed by atoms with van der Waals surface area (Å²) in [5.74, 6) is 3.22. The predicted molar refractivity (Wildman–Crippen MR) is 284 cm³/mol. The molecular formula is C67H55N. The number of benzene rings is 9. The molecule has 0 saturated heterocycles. The van der Waals surface area contributed by atoms with E-state index < -0.39 is 0 Å². The van der Waals surface area contributed by atoms with Crippen molar-refractivity contribution in [1.29, 1.82) is 0 Å². The maximum Gasteiger partial charge on any atom is 0.0467 e. The number of nitrogens with zero attached hydrogens (tertiary/aromatic N) is 1. The van der Waals surface area contributed by atoms with Crippen LogP contribution in [-0.4, -0.2) is 0 Å². The molecule has 4 bridgehead atoms. The zero-order chi connectivity index (χ0) is 45.1. The summed E-state index contributed by atoms with van der Waals surface area (Å²) < 4.78 is 0. The fraction of sp³-hybridized carbons (Fsp3) is 0.194. The van der Waals surface area contributed by atoms with E-state index in [1.807, 2.05) is 0 Å². The molecule has 0 amide bonds. The van der Waals surface area contributed by atoms with Crippen molar-refractivity contribution in [3.05, 3.63) is 235 Å². The minimum absolute atomic E-state index is 0.0913. The van der Waals surface area contributed by atoms with E-state index in [9.17, 15) is 0 Å². The summed E-state index contributed by atoms with van der Waals surface area (Å²) in [5.41, 5.74) is 25.2. The molecule has 68 heavy (non-hydrogen) atoms. The zero-order valence-corrected chi connectivity index (χ0v) is 39.0. The van der Waals surface area contributed by atoms with Gasteiger partial charge in [-0.15, -0.1) is 0 Å². The lowest BCUT2D eigenvalue weighted by Crippen LogP contribution is -2.55. The molecule has 1 nitrogen and oxygen atoms in total. The average Bonchev–Trinajstić information content (AvgIpc) is 3.81. The molecule has 0 radical (unpaired) electrons. The van der Waals surface area contributed by atoms with E-state index in [0.29, 0.717) is 11.8 Å². The third-order valence-electron chi connectivity index (χ3n) is 17.5. The molecule has 0 aromatic heterocycles. The van der Waals surface area contributed by atoms with Gasteiger partial charge in [-0.1, -0.05) is 190 Å². The standard InChI is InChI=1S/C67H55N/c1-66(2)62-20-8-6-17-59(62)61-19-11-18-57(65(61)66)51-14-10-15-55(41-51)68(54-32-30-50(31-33-54)49-28-26-48(27-29-49)47-24-22-46(23-25-47)45-12-4-3-5-13-45)56-34-35-60-58-16-7-9-21-63(58)67(64(60)42-56)52-37-43-36-44(39-52)40-53(67)38-43/h3-35,41-44,52-53H,36-40H2,1-2H3. The zero-order valence-electron chi connectivity index (χ0n) is 39.0. The van der Waals surface area contributed by atoms with Crippen LogP contribution in [0.25, 0.3) is 66.8 Å². The normalized spacial score (nSPS) is 21.9. The van der Waals surface area contributed by atoms with Crippen molar-refractivity contribution in [3.8, 4) is 66.8 Å². The summed E-state index contributed by atoms with van der Waals surface area (Å²) in [6.07, 6.45) is 6.96. The van der Waals surface area contributed by atoms with Gasteiger partial charge in [-0.25, -0.2) is 0 Å². The molecule has 0 unspecified atom stereocenters. The highest BCUT2D eigenvalue weighted by Crippen LogP contribution is 2.69. The summed E-state index contributed by atoms with van der Waals surface area (Å²) in [7, 11) is 0. The molecule has 6 aliphatic carbocycles. The highest BCUT2D eigenvalue weighted by molar-refractivity contribution is 5.91. The monoisotopic (exact) mass is 873 g/mol. The van der Waals surface area contributed by atoms with Crippen LogP contribution in [0.5, 0.6) is 0 Å². The van der Waals surface area contributed by atoms with E-state index in [0.717, 1.165) is 11.8 Å². The van der Waals surface area contributed by atoms with E-state index in [2.05, 4.69) is 231 Å². The highest BCUT2D eigenvalue weighted by Gasteiger charge is 2.61. The Labute approximate surface area is 401 Å². The Morgan fingerprint density at radius 2 is 0.765 bits per heavy atom. The van der Waals surface area contributed by atoms with Crippen molar-refractivity contribution >= 4 is 17.1 Å². The number of anilines is 3. The Hall–Kier alpha value is -7.22. The Bertz CT molecular complexity index is 3380. The minimum atomic E-state index is -0.110. The van der Waals surface area contributed by atoms with Gasteiger partial charge < -0.3 is 4.90 Å². The molecular weight excluding hydrogens is 819 g/mol. The summed E-state index contributed by atoms with van der Waals surface area (Å²) in [6, 6.07) is 80.3. The molecule has 0 atom stereocenters. The van der Waals surface area contributed by atoms with Gasteiger partial charge >= 0.3 is 0 Å². The predicted octanol–water partition coefficient (Wildman–Crippen LogP) is 17.9. The van der Waals surface area contributed by atoms with Gasteiger partial charge in [0.15, 0.2) is 0 Å². The van der Waals surface area contributed by atoms with Crippen molar-refractivity contribution in [2.45, 2.75) is 56.8 Å². The van der Waals surface area contributed by atoms with Gasteiger partial charge in [0.1, 0.15) is 0 Å². The summed E-state index contributed by atoms with van der Waals surface area (Å²) >= 11 is 0. The number of hydrogen-bond acceptors (Lipinski definition) is 1. The lowest BCUT2D eigenvalue weighted by atomic mass is 9.43. The third kappa shape index (κ3) is 5.94. The van der Waals surface area contributed by atoms with Crippen LogP contribution < -0.4 is 4.90 Å². The van der Waals surface area contributed by atoms with Gasteiger partial charge in [0, 0.05) is 27.9 Å². The minimum Gasteiger partial charge on any atom is -0.310 e. The van der Waals surface area contributed by atoms with Crippen LogP contribution >= 0.6 is 0 Å². The molecule has 0 N–H and O–H groups in total. The third-order valence-corrected chi connectivity index (χ3v) is 17.5. The van der Waals surface area contributed by atoms with Crippen LogP contribution in [0.2, 0.25) is 0 Å². The molecule has 0 heterocycles. The van der Waals surface area contributed by atoms with Crippen LogP contribution in [-0.2, 0) is 10.8 Å². The number of hydrogen-bond donors (Lipinski definition) is 0. The molecule has 1 heteroatoms. The largest absolute Gasteiger partial charge is 0.310 e. The molecule has 0 aliphatic heterocycles. The Kier molecular flexibility index (Phi) is 8.89. The molecule has 1 spiro atoms. The number of rotatable bonds is 7.